The lowest BCUT2D eigenvalue weighted by Crippen LogP contribution is -2.43. The molecule has 0 radical (unpaired) electrons. The topological polar surface area (TPSA) is 40.6 Å². The third-order valence-electron chi connectivity index (χ3n) is 5.38. The fourth-order valence-corrected chi connectivity index (χ4v) is 5.08. The molecule has 152 valence electrons. The number of thiazole rings is 1. The van der Waals surface area contributed by atoms with Crippen LogP contribution in [0.25, 0.3) is 10.2 Å². The predicted octanol–water partition coefficient (Wildman–Crippen LogP) is 4.61. The molecule has 0 atom stereocenters. The molecule has 2 aromatic rings. The summed E-state index contributed by atoms with van der Waals surface area (Å²) in [5, 5.41) is 5.53. The zero-order valence-electron chi connectivity index (χ0n) is 17.1. The van der Waals surface area contributed by atoms with Gasteiger partial charge in [-0.2, -0.15) is 0 Å². The second kappa shape index (κ2) is 8.13. The Morgan fingerprint density at radius 2 is 1.82 bits per heavy atom. The quantitative estimate of drug-likeness (QED) is 0.718. The zero-order chi connectivity index (χ0) is 19.7. The minimum absolute atomic E-state index is 0.0612. The predicted molar refractivity (Wildman–Crippen MR) is 123 cm³/mol. The molecule has 28 heavy (non-hydrogen) atoms. The van der Waals surface area contributed by atoms with Crippen molar-refractivity contribution in [3.8, 4) is 0 Å². The molecule has 2 aliphatic heterocycles. The third-order valence-corrected chi connectivity index (χ3v) is 7.19. The molecule has 0 amide bonds. The molecule has 3 heterocycles. The molecule has 2 fully saturated rings. The molecule has 1 aromatic carbocycles. The molecule has 0 bridgehead atoms. The second-order valence-electron chi connectivity index (χ2n) is 8.68. The van der Waals surface area contributed by atoms with Crippen LogP contribution in [0, 0.1) is 0 Å². The molecule has 0 saturated carbocycles. The van der Waals surface area contributed by atoms with Crippen LogP contribution in [-0.4, -0.2) is 54.4 Å². The zero-order valence-corrected chi connectivity index (χ0v) is 18.7. The number of piperidine rings is 1. The van der Waals surface area contributed by atoms with E-state index < -0.39 is 0 Å². The minimum atomic E-state index is 0.0612. The van der Waals surface area contributed by atoms with E-state index in [1.807, 2.05) is 0 Å². The van der Waals surface area contributed by atoms with Crippen LogP contribution in [0.15, 0.2) is 12.1 Å². The summed E-state index contributed by atoms with van der Waals surface area (Å²) in [4.78, 5) is 9.65. The normalized spacial score (nSPS) is 18.5. The highest BCUT2D eigenvalue weighted by atomic mass is 32.1. The van der Waals surface area contributed by atoms with Crippen molar-refractivity contribution < 1.29 is 4.74 Å². The van der Waals surface area contributed by atoms with Crippen molar-refractivity contribution in [3.63, 3.8) is 0 Å². The maximum Gasteiger partial charge on any atom is 0.173 e. The van der Waals surface area contributed by atoms with Crippen LogP contribution < -0.4 is 10.2 Å². The number of aromatic nitrogens is 1. The summed E-state index contributed by atoms with van der Waals surface area (Å²) in [6, 6.07) is 4.51. The number of morpholine rings is 1. The largest absolute Gasteiger partial charge is 0.378 e. The Balaban J connectivity index is 1.69. The summed E-state index contributed by atoms with van der Waals surface area (Å²) in [7, 11) is 0. The number of hydrogen-bond donors (Lipinski definition) is 1. The molecule has 1 aromatic heterocycles. The third kappa shape index (κ3) is 4.26. The van der Waals surface area contributed by atoms with Crippen molar-refractivity contribution in [3.05, 3.63) is 17.1 Å². The van der Waals surface area contributed by atoms with Crippen molar-refractivity contribution in [2.45, 2.75) is 45.4 Å². The summed E-state index contributed by atoms with van der Waals surface area (Å²) in [6.07, 6.45) is 3.81. The van der Waals surface area contributed by atoms with Gasteiger partial charge in [-0.1, -0.05) is 20.8 Å². The monoisotopic (exact) mass is 418 g/mol. The van der Waals surface area contributed by atoms with Gasteiger partial charge in [0.25, 0.3) is 0 Å². The van der Waals surface area contributed by atoms with Gasteiger partial charge in [-0.25, -0.2) is 4.98 Å². The van der Waals surface area contributed by atoms with Gasteiger partial charge in [0.2, 0.25) is 0 Å². The Kier molecular flexibility index (Phi) is 5.76. The Bertz CT molecular complexity index is 846. The van der Waals surface area contributed by atoms with E-state index in [0.717, 1.165) is 55.7 Å². The summed E-state index contributed by atoms with van der Waals surface area (Å²) in [5.41, 5.74) is 3.49. The summed E-state index contributed by atoms with van der Waals surface area (Å²) < 4.78 is 6.69. The lowest BCUT2D eigenvalue weighted by Gasteiger charge is -2.33. The number of benzene rings is 1. The molecule has 5 nitrogen and oxygen atoms in total. The van der Waals surface area contributed by atoms with E-state index in [-0.39, 0.29) is 5.41 Å². The van der Waals surface area contributed by atoms with Gasteiger partial charge in [0.1, 0.15) is 0 Å². The van der Waals surface area contributed by atoms with Crippen LogP contribution >= 0.6 is 23.6 Å². The highest BCUT2D eigenvalue weighted by molar-refractivity contribution is 7.80. The first-order chi connectivity index (χ1) is 13.4. The smallest absolute Gasteiger partial charge is 0.173 e. The minimum Gasteiger partial charge on any atom is -0.378 e. The lowest BCUT2D eigenvalue weighted by molar-refractivity contribution is 0.0690. The van der Waals surface area contributed by atoms with Crippen LogP contribution in [0.3, 0.4) is 0 Å². The van der Waals surface area contributed by atoms with E-state index in [1.54, 1.807) is 11.3 Å². The average molecular weight is 419 g/mol. The first kappa shape index (κ1) is 19.9. The van der Waals surface area contributed by atoms with Gasteiger partial charge in [0, 0.05) is 31.6 Å². The van der Waals surface area contributed by atoms with Gasteiger partial charge >= 0.3 is 0 Å². The summed E-state index contributed by atoms with van der Waals surface area (Å²) >= 11 is 7.52. The molecule has 0 unspecified atom stereocenters. The van der Waals surface area contributed by atoms with E-state index in [1.165, 1.54) is 34.7 Å². The number of nitrogens with one attached hydrogen (secondary N) is 1. The molecule has 2 aliphatic rings. The van der Waals surface area contributed by atoms with Crippen molar-refractivity contribution in [1.82, 2.24) is 9.88 Å². The fourth-order valence-electron chi connectivity index (χ4n) is 3.74. The maximum absolute atomic E-state index is 5.73. The lowest BCUT2D eigenvalue weighted by atomic mass is 9.98. The number of anilines is 2. The van der Waals surface area contributed by atoms with Crippen LogP contribution in [0.4, 0.5) is 11.4 Å². The van der Waals surface area contributed by atoms with Crippen molar-refractivity contribution in [2.24, 2.45) is 0 Å². The number of nitrogens with zero attached hydrogens (tertiary/aromatic N) is 3. The van der Waals surface area contributed by atoms with E-state index in [2.05, 4.69) is 48.0 Å². The second-order valence-corrected chi connectivity index (χ2v) is 10.1. The molecule has 7 heteroatoms. The standard InChI is InChI=1S/C21H30N4OS2/c1-21(2,3)19-22-16-13-17(24-7-5-4-6-8-24)15(14-18(16)28-19)23-20(27)25-9-11-26-12-10-25/h13-14H,4-12H2,1-3H3,(H,23,27). The van der Waals surface area contributed by atoms with Gasteiger partial charge in [-0.15, -0.1) is 11.3 Å². The van der Waals surface area contributed by atoms with Gasteiger partial charge in [-0.05, 0) is 43.6 Å². The maximum atomic E-state index is 5.73. The van der Waals surface area contributed by atoms with Crippen LogP contribution in [-0.2, 0) is 10.2 Å². The molecular weight excluding hydrogens is 388 g/mol. The number of rotatable bonds is 2. The van der Waals surface area contributed by atoms with Gasteiger partial charge in [0.15, 0.2) is 5.11 Å². The first-order valence-electron chi connectivity index (χ1n) is 10.3. The van der Waals surface area contributed by atoms with Crippen molar-refractivity contribution >= 4 is 50.3 Å². The Morgan fingerprint density at radius 3 is 2.50 bits per heavy atom. The molecule has 0 aliphatic carbocycles. The summed E-state index contributed by atoms with van der Waals surface area (Å²) in [6.45, 7) is 12.0. The Morgan fingerprint density at radius 1 is 1.11 bits per heavy atom. The first-order valence-corrected chi connectivity index (χ1v) is 11.5. The summed E-state index contributed by atoms with van der Waals surface area (Å²) in [5.74, 6) is 0. The Hall–Kier alpha value is -1.44. The SMILES string of the molecule is CC(C)(C)c1nc2cc(N3CCCCC3)c(NC(=S)N3CCOCC3)cc2s1. The van der Waals surface area contributed by atoms with Crippen LogP contribution in [0.1, 0.15) is 45.0 Å². The molecule has 2 saturated heterocycles. The van der Waals surface area contributed by atoms with Gasteiger partial charge in [0.05, 0.1) is 39.8 Å². The molecule has 4 rings (SSSR count). The van der Waals surface area contributed by atoms with E-state index in [0.29, 0.717) is 0 Å². The highest BCUT2D eigenvalue weighted by Gasteiger charge is 2.23. The molecule has 1 N–H and O–H groups in total. The van der Waals surface area contributed by atoms with Crippen LogP contribution in [0.5, 0.6) is 0 Å². The number of thiocarbonyl (C=S) groups is 1. The highest BCUT2D eigenvalue weighted by Crippen LogP contribution is 2.38. The van der Waals surface area contributed by atoms with Crippen LogP contribution in [0.2, 0.25) is 0 Å². The molecule has 0 spiro atoms. The Labute approximate surface area is 177 Å². The average Bonchev–Trinajstić information content (AvgIpc) is 3.12. The van der Waals surface area contributed by atoms with E-state index >= 15 is 0 Å². The van der Waals surface area contributed by atoms with Gasteiger partial charge < -0.3 is 19.9 Å². The fraction of sp³-hybridized carbons (Fsp3) is 0.619. The van der Waals surface area contributed by atoms with E-state index in [4.69, 9.17) is 21.9 Å². The number of ether oxygens (including phenoxy) is 1. The van der Waals surface area contributed by atoms with E-state index in [9.17, 15) is 0 Å². The number of hydrogen-bond acceptors (Lipinski definition) is 5. The van der Waals surface area contributed by atoms with Gasteiger partial charge in [-0.3, -0.25) is 0 Å². The molecular formula is C21H30N4OS2. The number of fused-ring (bicyclic) bond motifs is 1. The van der Waals surface area contributed by atoms with Crippen molar-refractivity contribution in [1.29, 1.82) is 0 Å². The van der Waals surface area contributed by atoms with Crippen molar-refractivity contribution in [2.75, 3.05) is 49.6 Å².